The number of nitrogens with zero attached hydrogens (tertiary/aromatic N) is 1. The van der Waals surface area contributed by atoms with Crippen molar-refractivity contribution in [3.63, 3.8) is 0 Å². The second-order valence-electron chi connectivity index (χ2n) is 5.52. The van der Waals surface area contributed by atoms with Gasteiger partial charge in [0.1, 0.15) is 5.82 Å². The van der Waals surface area contributed by atoms with Gasteiger partial charge in [0.05, 0.1) is 17.4 Å². The average molecular weight is 267 g/mol. The number of hydrogen-bond acceptors (Lipinski definition) is 3. The maximum atomic E-state index is 13.3. The van der Waals surface area contributed by atoms with Gasteiger partial charge in [-0.25, -0.2) is 9.37 Å². The van der Waals surface area contributed by atoms with Gasteiger partial charge in [-0.1, -0.05) is 12.1 Å². The molecule has 2 rings (SSSR count). The highest BCUT2D eigenvalue weighted by atomic mass is 19.1. The fourth-order valence-corrected chi connectivity index (χ4v) is 1.70. The zero-order valence-corrected chi connectivity index (χ0v) is 11.4. The summed E-state index contributed by atoms with van der Waals surface area (Å²) in [5, 5.41) is 0. The monoisotopic (exact) mass is 267 g/mol. The van der Waals surface area contributed by atoms with Crippen LogP contribution in [-0.4, -0.2) is 23.3 Å². The van der Waals surface area contributed by atoms with Crippen LogP contribution in [0.15, 0.2) is 18.2 Å². The third-order valence-corrected chi connectivity index (χ3v) is 3.54. The molecular formula is C13H16BF2NO2. The van der Waals surface area contributed by atoms with E-state index in [1.807, 2.05) is 27.7 Å². The quantitative estimate of drug-likeness (QED) is 0.609. The molecule has 0 atom stereocenters. The molecule has 2 heterocycles. The van der Waals surface area contributed by atoms with Gasteiger partial charge in [-0.15, -0.1) is 0 Å². The van der Waals surface area contributed by atoms with Gasteiger partial charge >= 0.3 is 7.12 Å². The minimum absolute atomic E-state index is 0.0645. The van der Waals surface area contributed by atoms with Crippen molar-refractivity contribution in [2.24, 2.45) is 0 Å². The van der Waals surface area contributed by atoms with Crippen LogP contribution in [-0.2, 0) is 9.31 Å². The van der Waals surface area contributed by atoms with Gasteiger partial charge in [0, 0.05) is 5.56 Å². The predicted molar refractivity (Wildman–Crippen MR) is 69.3 cm³/mol. The van der Waals surface area contributed by atoms with Gasteiger partial charge in [0.2, 0.25) is 5.95 Å². The number of pyridine rings is 1. The van der Waals surface area contributed by atoms with Crippen LogP contribution in [0.2, 0.25) is 0 Å². The normalized spacial score (nSPS) is 21.3. The van der Waals surface area contributed by atoms with E-state index in [4.69, 9.17) is 9.31 Å². The van der Waals surface area contributed by atoms with Gasteiger partial charge in [0.15, 0.2) is 0 Å². The second-order valence-corrected chi connectivity index (χ2v) is 5.52. The molecule has 0 saturated carbocycles. The maximum absolute atomic E-state index is 13.3. The number of hydrogen-bond donors (Lipinski definition) is 0. The van der Waals surface area contributed by atoms with E-state index in [0.29, 0.717) is 0 Å². The average Bonchev–Trinajstić information content (AvgIpc) is 2.49. The first-order chi connectivity index (χ1) is 8.71. The molecule has 0 aromatic carbocycles. The molecule has 1 saturated heterocycles. The Labute approximate surface area is 111 Å². The summed E-state index contributed by atoms with van der Waals surface area (Å²) in [4.78, 5) is 3.31. The molecule has 0 spiro atoms. The molecule has 102 valence electrons. The van der Waals surface area contributed by atoms with Crippen molar-refractivity contribution in [1.29, 1.82) is 0 Å². The van der Waals surface area contributed by atoms with E-state index in [1.54, 1.807) is 5.98 Å². The van der Waals surface area contributed by atoms with E-state index < -0.39 is 30.1 Å². The highest BCUT2D eigenvalue weighted by Gasteiger charge is 2.50. The summed E-state index contributed by atoms with van der Waals surface area (Å²) in [6.07, 6.45) is 2.25. The molecule has 0 amide bonds. The summed E-state index contributed by atoms with van der Waals surface area (Å²) in [5.41, 5.74) is -0.851. The Morgan fingerprint density at radius 3 is 2.32 bits per heavy atom. The lowest BCUT2D eigenvalue weighted by atomic mass is 9.89. The number of halogens is 2. The van der Waals surface area contributed by atoms with Gasteiger partial charge < -0.3 is 9.31 Å². The van der Waals surface area contributed by atoms with E-state index in [9.17, 15) is 8.78 Å². The lowest BCUT2D eigenvalue weighted by Crippen LogP contribution is -2.41. The van der Waals surface area contributed by atoms with Crippen LogP contribution in [0.5, 0.6) is 0 Å². The number of rotatable bonds is 2. The van der Waals surface area contributed by atoms with E-state index in [2.05, 4.69) is 4.98 Å². The summed E-state index contributed by atoms with van der Waals surface area (Å²) in [5.74, 6) is 0.236. The molecule has 0 unspecified atom stereocenters. The fraction of sp³-hybridized carbons (Fsp3) is 0.462. The number of aromatic nitrogens is 1. The summed E-state index contributed by atoms with van der Waals surface area (Å²) < 4.78 is 37.7. The maximum Gasteiger partial charge on any atom is 0.487 e. The first kappa shape index (κ1) is 14.2. The molecule has 1 aromatic heterocycles. The Kier molecular flexibility index (Phi) is 3.49. The zero-order valence-electron chi connectivity index (χ0n) is 11.4. The molecular weight excluding hydrogens is 251 g/mol. The largest absolute Gasteiger partial charge is 0.487 e. The lowest BCUT2D eigenvalue weighted by Gasteiger charge is -2.32. The highest BCUT2D eigenvalue weighted by molar-refractivity contribution is 6.52. The van der Waals surface area contributed by atoms with E-state index in [1.165, 1.54) is 6.08 Å². The molecule has 1 aliphatic rings. The van der Waals surface area contributed by atoms with Crippen molar-refractivity contribution in [2.45, 2.75) is 38.9 Å². The Morgan fingerprint density at radius 2 is 1.74 bits per heavy atom. The molecule has 1 aromatic rings. The van der Waals surface area contributed by atoms with Crippen molar-refractivity contribution in [3.05, 3.63) is 35.6 Å². The van der Waals surface area contributed by atoms with Crippen molar-refractivity contribution in [3.8, 4) is 0 Å². The Bertz CT molecular complexity index is 501. The van der Waals surface area contributed by atoms with E-state index in [0.717, 1.165) is 12.3 Å². The first-order valence-corrected chi connectivity index (χ1v) is 6.06. The minimum Gasteiger partial charge on any atom is -0.400 e. The molecule has 6 heteroatoms. The van der Waals surface area contributed by atoms with Gasteiger partial charge in [-0.2, -0.15) is 4.39 Å². The molecule has 19 heavy (non-hydrogen) atoms. The van der Waals surface area contributed by atoms with E-state index in [-0.39, 0.29) is 5.56 Å². The third-order valence-electron chi connectivity index (χ3n) is 3.54. The van der Waals surface area contributed by atoms with Crippen molar-refractivity contribution < 1.29 is 18.1 Å². The first-order valence-electron chi connectivity index (χ1n) is 6.06. The third kappa shape index (κ3) is 2.85. The van der Waals surface area contributed by atoms with Crippen LogP contribution >= 0.6 is 0 Å². The molecule has 1 fully saturated rings. The van der Waals surface area contributed by atoms with Crippen LogP contribution < -0.4 is 0 Å². The fourth-order valence-electron chi connectivity index (χ4n) is 1.70. The molecule has 3 nitrogen and oxygen atoms in total. The van der Waals surface area contributed by atoms with Crippen molar-refractivity contribution >= 4 is 13.2 Å². The van der Waals surface area contributed by atoms with Crippen LogP contribution in [0.4, 0.5) is 8.78 Å². The van der Waals surface area contributed by atoms with E-state index >= 15 is 0 Å². The van der Waals surface area contributed by atoms with Crippen LogP contribution in [0.3, 0.4) is 0 Å². The van der Waals surface area contributed by atoms with Crippen molar-refractivity contribution in [2.75, 3.05) is 0 Å². The van der Waals surface area contributed by atoms with Crippen LogP contribution in [0.25, 0.3) is 6.08 Å². The molecule has 0 bridgehead atoms. The SMILES string of the molecule is CC1(C)OB(/C=C/c2cc(F)cnc2F)OC1(C)C. The van der Waals surface area contributed by atoms with Gasteiger partial charge in [-0.3, -0.25) is 0 Å². The topological polar surface area (TPSA) is 31.4 Å². The summed E-state index contributed by atoms with van der Waals surface area (Å²) in [6.45, 7) is 7.69. The standard InChI is InChI=1S/C13H16BF2NO2/c1-12(2)13(3,4)19-14(18-12)6-5-9-7-10(15)8-17-11(9)16/h5-8H,1-4H3/b6-5+. The smallest absolute Gasteiger partial charge is 0.400 e. The zero-order chi connectivity index (χ0) is 14.3. The summed E-state index contributed by atoms with van der Waals surface area (Å²) in [6, 6.07) is 1.07. The highest BCUT2D eigenvalue weighted by Crippen LogP contribution is 2.37. The molecule has 0 N–H and O–H groups in total. The molecule has 1 aliphatic heterocycles. The predicted octanol–water partition coefficient (Wildman–Crippen LogP) is 3.00. The Morgan fingerprint density at radius 1 is 1.16 bits per heavy atom. The van der Waals surface area contributed by atoms with Crippen molar-refractivity contribution in [1.82, 2.24) is 4.98 Å². The Balaban J connectivity index is 2.15. The van der Waals surface area contributed by atoms with Crippen LogP contribution in [0, 0.1) is 11.8 Å². The van der Waals surface area contributed by atoms with Crippen LogP contribution in [0.1, 0.15) is 33.3 Å². The minimum atomic E-state index is -0.728. The summed E-state index contributed by atoms with van der Waals surface area (Å²) >= 11 is 0. The Hall–Kier alpha value is -1.27. The van der Waals surface area contributed by atoms with Gasteiger partial charge in [0.25, 0.3) is 0 Å². The lowest BCUT2D eigenvalue weighted by molar-refractivity contribution is 0.00578. The molecule has 0 radical (unpaired) electrons. The summed E-state index contributed by atoms with van der Waals surface area (Å²) in [7, 11) is -0.590. The second kappa shape index (κ2) is 4.69. The van der Waals surface area contributed by atoms with Gasteiger partial charge in [-0.05, 0) is 33.8 Å². The molecule has 0 aliphatic carbocycles.